The zero-order valence-corrected chi connectivity index (χ0v) is 9.12. The fraction of sp³-hybridized carbons (Fsp3) is 0.400. The first-order chi connectivity index (χ1) is 7.63. The van der Waals surface area contributed by atoms with Gasteiger partial charge < -0.3 is 15.2 Å². The molecule has 1 aromatic rings. The molecule has 1 aromatic carbocycles. The molecule has 0 aliphatic heterocycles. The molecule has 16 heavy (non-hydrogen) atoms. The van der Waals surface area contributed by atoms with E-state index in [9.17, 15) is 13.9 Å². The minimum atomic E-state index is -2.87. The Morgan fingerprint density at radius 2 is 2.06 bits per heavy atom. The number of ether oxygens (including phenoxy) is 1. The van der Waals surface area contributed by atoms with Crippen LogP contribution in [-0.4, -0.2) is 30.2 Å². The molecule has 0 aliphatic carbocycles. The molecule has 1 rings (SSSR count). The van der Waals surface area contributed by atoms with Gasteiger partial charge in [-0.1, -0.05) is 12.1 Å². The van der Waals surface area contributed by atoms with Gasteiger partial charge in [-0.15, -0.1) is 11.6 Å². The van der Waals surface area contributed by atoms with Gasteiger partial charge in [0.15, 0.2) is 0 Å². The van der Waals surface area contributed by atoms with Crippen LogP contribution in [0.25, 0.3) is 0 Å². The summed E-state index contributed by atoms with van der Waals surface area (Å²) in [4.78, 5) is 0. The SMILES string of the molecule is OC(CCl)CNc1ccccc1OC(F)F. The quantitative estimate of drug-likeness (QED) is 0.763. The third-order valence-corrected chi connectivity index (χ3v) is 2.17. The van der Waals surface area contributed by atoms with Gasteiger partial charge in [0.1, 0.15) is 5.75 Å². The van der Waals surface area contributed by atoms with Crippen LogP contribution in [0.1, 0.15) is 0 Å². The number of rotatable bonds is 6. The van der Waals surface area contributed by atoms with Crippen molar-refractivity contribution in [1.29, 1.82) is 0 Å². The molecule has 0 saturated heterocycles. The molecule has 2 N–H and O–H groups in total. The van der Waals surface area contributed by atoms with Crippen molar-refractivity contribution in [2.24, 2.45) is 0 Å². The van der Waals surface area contributed by atoms with Crippen molar-refractivity contribution in [3.8, 4) is 5.75 Å². The van der Waals surface area contributed by atoms with Gasteiger partial charge in [-0.2, -0.15) is 8.78 Å². The summed E-state index contributed by atoms with van der Waals surface area (Å²) < 4.78 is 28.4. The predicted octanol–water partition coefficient (Wildman–Crippen LogP) is 2.30. The van der Waals surface area contributed by atoms with Crippen LogP contribution in [0.3, 0.4) is 0 Å². The molecule has 0 aromatic heterocycles. The van der Waals surface area contributed by atoms with E-state index in [1.54, 1.807) is 18.2 Å². The number of aliphatic hydroxyl groups excluding tert-OH is 1. The summed E-state index contributed by atoms with van der Waals surface area (Å²) in [6, 6.07) is 6.26. The molecule has 1 atom stereocenters. The van der Waals surface area contributed by atoms with E-state index in [1.165, 1.54) is 6.07 Å². The third-order valence-electron chi connectivity index (χ3n) is 1.81. The van der Waals surface area contributed by atoms with E-state index >= 15 is 0 Å². The molecule has 0 heterocycles. The molecule has 0 bridgehead atoms. The van der Waals surface area contributed by atoms with Gasteiger partial charge in [0.25, 0.3) is 0 Å². The Labute approximate surface area is 97.0 Å². The Balaban J connectivity index is 2.63. The number of para-hydroxylation sites is 2. The first-order valence-electron chi connectivity index (χ1n) is 4.65. The van der Waals surface area contributed by atoms with Crippen molar-refractivity contribution in [3.05, 3.63) is 24.3 Å². The number of anilines is 1. The Morgan fingerprint density at radius 1 is 1.38 bits per heavy atom. The zero-order chi connectivity index (χ0) is 12.0. The van der Waals surface area contributed by atoms with Crippen LogP contribution in [0.4, 0.5) is 14.5 Å². The van der Waals surface area contributed by atoms with Crippen molar-refractivity contribution >= 4 is 17.3 Å². The van der Waals surface area contributed by atoms with E-state index in [0.29, 0.717) is 5.69 Å². The summed E-state index contributed by atoms with van der Waals surface area (Å²) in [5, 5.41) is 12.0. The number of benzene rings is 1. The summed E-state index contributed by atoms with van der Waals surface area (Å²) >= 11 is 5.40. The van der Waals surface area contributed by atoms with Crippen LogP contribution < -0.4 is 10.1 Å². The smallest absolute Gasteiger partial charge is 0.387 e. The maximum absolute atomic E-state index is 12.0. The molecule has 3 nitrogen and oxygen atoms in total. The first kappa shape index (κ1) is 13.0. The van der Waals surface area contributed by atoms with Gasteiger partial charge in [-0.05, 0) is 12.1 Å². The molecule has 0 fully saturated rings. The fourth-order valence-electron chi connectivity index (χ4n) is 1.09. The van der Waals surface area contributed by atoms with Crippen LogP contribution in [0, 0.1) is 0 Å². The Bertz CT molecular complexity index is 325. The van der Waals surface area contributed by atoms with Crippen molar-refractivity contribution in [1.82, 2.24) is 0 Å². The molecule has 0 aliphatic rings. The molecule has 0 amide bonds. The highest BCUT2D eigenvalue weighted by Crippen LogP contribution is 2.25. The standard InChI is InChI=1S/C10H12ClF2NO2/c11-5-7(15)6-14-8-3-1-2-4-9(8)16-10(12)13/h1-4,7,10,14-15H,5-6H2. The van der Waals surface area contributed by atoms with Crippen LogP contribution >= 0.6 is 11.6 Å². The predicted molar refractivity (Wildman–Crippen MR) is 58.3 cm³/mol. The highest BCUT2D eigenvalue weighted by molar-refractivity contribution is 6.18. The third kappa shape index (κ3) is 4.20. The lowest BCUT2D eigenvalue weighted by atomic mass is 10.3. The second kappa shape index (κ2) is 6.50. The lowest BCUT2D eigenvalue weighted by Crippen LogP contribution is -2.21. The normalized spacial score (nSPS) is 12.6. The largest absolute Gasteiger partial charge is 0.433 e. The minimum Gasteiger partial charge on any atom is -0.433 e. The molecular weight excluding hydrogens is 240 g/mol. The lowest BCUT2D eigenvalue weighted by molar-refractivity contribution is -0.0493. The van der Waals surface area contributed by atoms with Gasteiger partial charge in [-0.25, -0.2) is 0 Å². The monoisotopic (exact) mass is 251 g/mol. The lowest BCUT2D eigenvalue weighted by Gasteiger charge is -2.14. The van der Waals surface area contributed by atoms with Gasteiger partial charge in [-0.3, -0.25) is 0 Å². The Morgan fingerprint density at radius 3 is 2.69 bits per heavy atom. The van der Waals surface area contributed by atoms with Gasteiger partial charge >= 0.3 is 6.61 Å². The highest BCUT2D eigenvalue weighted by Gasteiger charge is 2.09. The average molecular weight is 252 g/mol. The van der Waals surface area contributed by atoms with Crippen molar-refractivity contribution in [2.45, 2.75) is 12.7 Å². The van der Waals surface area contributed by atoms with Crippen molar-refractivity contribution in [3.63, 3.8) is 0 Å². The summed E-state index contributed by atoms with van der Waals surface area (Å²) in [7, 11) is 0. The van der Waals surface area contributed by atoms with Crippen molar-refractivity contribution in [2.75, 3.05) is 17.7 Å². The number of hydrogen-bond donors (Lipinski definition) is 2. The Kier molecular flexibility index (Phi) is 5.28. The van der Waals surface area contributed by atoms with Crippen LogP contribution in [0.2, 0.25) is 0 Å². The Hall–Kier alpha value is -1.07. The molecular formula is C10H12ClF2NO2. The summed E-state index contributed by atoms with van der Waals surface area (Å²) in [6.45, 7) is -2.70. The van der Waals surface area contributed by atoms with Gasteiger partial charge in [0.2, 0.25) is 0 Å². The zero-order valence-electron chi connectivity index (χ0n) is 8.37. The van der Waals surface area contributed by atoms with E-state index in [2.05, 4.69) is 10.1 Å². The topological polar surface area (TPSA) is 41.5 Å². The minimum absolute atomic E-state index is 0.0410. The maximum Gasteiger partial charge on any atom is 0.387 e. The second-order valence-corrected chi connectivity index (χ2v) is 3.37. The molecule has 0 spiro atoms. The van der Waals surface area contributed by atoms with Crippen LogP contribution in [0.15, 0.2) is 24.3 Å². The molecule has 0 saturated carbocycles. The highest BCUT2D eigenvalue weighted by atomic mass is 35.5. The molecule has 1 unspecified atom stereocenters. The fourth-order valence-corrected chi connectivity index (χ4v) is 1.20. The van der Waals surface area contributed by atoms with Crippen molar-refractivity contribution < 1.29 is 18.6 Å². The van der Waals surface area contributed by atoms with Gasteiger partial charge in [0.05, 0.1) is 17.7 Å². The summed E-state index contributed by atoms with van der Waals surface area (Å²) in [5.74, 6) is 0.115. The van der Waals surface area contributed by atoms with Crippen LogP contribution in [-0.2, 0) is 0 Å². The molecule has 90 valence electrons. The van der Waals surface area contributed by atoms with E-state index < -0.39 is 12.7 Å². The summed E-state index contributed by atoms with van der Waals surface area (Å²) in [6.07, 6.45) is -0.735. The molecule has 0 radical (unpaired) electrons. The number of alkyl halides is 3. The second-order valence-electron chi connectivity index (χ2n) is 3.06. The van der Waals surface area contributed by atoms with Gasteiger partial charge in [0, 0.05) is 6.54 Å². The number of aliphatic hydroxyl groups is 1. The average Bonchev–Trinajstić information content (AvgIpc) is 2.26. The first-order valence-corrected chi connectivity index (χ1v) is 5.18. The molecule has 6 heteroatoms. The van der Waals surface area contributed by atoms with Crippen LogP contribution in [0.5, 0.6) is 5.75 Å². The number of halogens is 3. The summed E-state index contributed by atoms with van der Waals surface area (Å²) in [5.41, 5.74) is 0.395. The van der Waals surface area contributed by atoms with E-state index in [0.717, 1.165) is 0 Å². The van der Waals surface area contributed by atoms with E-state index in [1.807, 2.05) is 0 Å². The van der Waals surface area contributed by atoms with E-state index in [4.69, 9.17) is 11.6 Å². The number of hydrogen-bond acceptors (Lipinski definition) is 3. The maximum atomic E-state index is 12.0. The van der Waals surface area contributed by atoms with E-state index in [-0.39, 0.29) is 18.2 Å². The number of nitrogens with one attached hydrogen (secondary N) is 1.